The number of hydrogen-bond acceptors (Lipinski definition) is 10. The number of carbonyl (C=O) groups is 4. The molecule has 6 heterocycles. The topological polar surface area (TPSA) is 181 Å². The van der Waals surface area contributed by atoms with Gasteiger partial charge in [-0.05, 0) is 106 Å². The molecule has 0 unspecified atom stereocenters. The molecule has 0 radical (unpaired) electrons. The van der Waals surface area contributed by atoms with Crippen LogP contribution in [-0.4, -0.2) is 106 Å². The van der Waals surface area contributed by atoms with Gasteiger partial charge in [0.1, 0.15) is 41.1 Å². The first-order valence-electron chi connectivity index (χ1n) is 25.7. The molecule has 16 nitrogen and oxygen atoms in total. The third-order valence-corrected chi connectivity index (χ3v) is 16.2. The van der Waals surface area contributed by atoms with E-state index in [4.69, 9.17) is 19.4 Å². The minimum absolute atomic E-state index is 0.109. The molecule has 1 spiro atoms. The Morgan fingerprint density at radius 2 is 1.04 bits per heavy atom. The number of H-pyrrole nitrogens is 2. The van der Waals surface area contributed by atoms with Gasteiger partial charge in [0, 0.05) is 55.1 Å². The third-order valence-electron chi connectivity index (χ3n) is 16.2. The summed E-state index contributed by atoms with van der Waals surface area (Å²) in [5.74, 6) is -2.94. The average Bonchev–Trinajstić information content (AvgIpc) is 4.03. The summed E-state index contributed by atoms with van der Waals surface area (Å²) in [7, 11) is 2.47. The van der Waals surface area contributed by atoms with Crippen molar-refractivity contribution in [2.24, 2.45) is 17.3 Å². The van der Waals surface area contributed by atoms with Gasteiger partial charge in [-0.1, -0.05) is 27.7 Å². The molecule has 5 aromatic rings. The molecule has 3 aromatic carbocycles. The van der Waals surface area contributed by atoms with E-state index in [9.17, 15) is 19.2 Å². The summed E-state index contributed by atoms with van der Waals surface area (Å²) in [6, 6.07) is 4.12. The zero-order chi connectivity index (χ0) is 51.6. The number of ether oxygens (including phenoxy) is 2. The molecule has 5 fully saturated rings. The number of aromatic nitrogens is 4. The maximum Gasteiger partial charge on any atom is 0.407 e. The second-order valence-electron chi connectivity index (χ2n) is 21.4. The fraction of sp³-hybridized carbons (Fsp3) is 0.547. The molecular weight excluding hydrogens is 949 g/mol. The highest BCUT2D eigenvalue weighted by Gasteiger charge is 2.46. The molecular formula is C53H64F4N10O6. The van der Waals surface area contributed by atoms with E-state index in [-0.39, 0.29) is 64.4 Å². The van der Waals surface area contributed by atoms with E-state index < -0.39 is 71.7 Å². The van der Waals surface area contributed by atoms with Crippen LogP contribution in [0, 0.1) is 40.5 Å². The standard InChI is InChI=1S/C53H64F4N10O6/c1-27(2)44(62-51(70)72-5)49(68)65-17-7-9-42(65)47-58-36-23-30(32(54)25-38(36)60-47)40-11-12-41(67(40)29-21-34(56)46(35(57)22-29)64-19-15-53(13-14-53)16-20-64)31-24-37-39(26-33(31)55)61-48(59-37)43-10-8-18-66(43)50(69)45(28(3)4)63-52(71)73-6/h21-28,40-45H,7-20H2,1-6H3,(H,58,60)(H,59,61)(H,62,70)(H,63,71)/t40-,41-,42+,43+,44+,45+/m1/s1. The molecule has 10 rings (SSSR count). The molecule has 73 heavy (non-hydrogen) atoms. The number of rotatable bonds is 12. The smallest absolute Gasteiger partial charge is 0.407 e. The number of anilines is 2. The van der Waals surface area contributed by atoms with Crippen LogP contribution >= 0.6 is 0 Å². The molecule has 390 valence electrons. The van der Waals surface area contributed by atoms with Gasteiger partial charge in [-0.15, -0.1) is 0 Å². The number of piperidine rings is 1. The maximum atomic E-state index is 16.9. The lowest BCUT2D eigenvalue weighted by atomic mass is 9.93. The van der Waals surface area contributed by atoms with Gasteiger partial charge >= 0.3 is 12.2 Å². The summed E-state index contributed by atoms with van der Waals surface area (Å²) in [4.78, 5) is 75.3. The lowest BCUT2D eigenvalue weighted by molar-refractivity contribution is -0.136. The first-order valence-corrected chi connectivity index (χ1v) is 25.7. The maximum absolute atomic E-state index is 16.9. The predicted octanol–water partition coefficient (Wildman–Crippen LogP) is 9.55. The number of carbonyl (C=O) groups excluding carboxylic acids is 4. The Morgan fingerprint density at radius 1 is 0.603 bits per heavy atom. The summed E-state index contributed by atoms with van der Waals surface area (Å²) < 4.78 is 76.6. The number of nitrogens with one attached hydrogen (secondary N) is 4. The number of hydrogen-bond donors (Lipinski definition) is 4. The molecule has 5 aliphatic rings. The number of benzene rings is 3. The molecule has 4 saturated heterocycles. The van der Waals surface area contributed by atoms with E-state index in [1.54, 1.807) is 31.7 Å². The van der Waals surface area contributed by atoms with E-state index >= 15 is 17.6 Å². The van der Waals surface area contributed by atoms with Crippen molar-refractivity contribution in [2.45, 2.75) is 128 Å². The van der Waals surface area contributed by atoms with E-state index in [0.717, 1.165) is 25.7 Å². The van der Waals surface area contributed by atoms with Crippen molar-refractivity contribution in [2.75, 3.05) is 50.2 Å². The highest BCUT2D eigenvalue weighted by molar-refractivity contribution is 5.88. The quantitative estimate of drug-likeness (QED) is 0.0879. The average molecular weight is 1010 g/mol. The van der Waals surface area contributed by atoms with Crippen molar-refractivity contribution in [3.8, 4) is 0 Å². The first kappa shape index (κ1) is 50.0. The van der Waals surface area contributed by atoms with Crippen LogP contribution in [0.1, 0.15) is 139 Å². The van der Waals surface area contributed by atoms with Gasteiger partial charge in [-0.25, -0.2) is 37.1 Å². The summed E-state index contributed by atoms with van der Waals surface area (Å²) >= 11 is 0. The Bertz CT molecular complexity index is 2770. The number of imidazole rings is 2. The number of fused-ring (bicyclic) bond motifs is 2. The Morgan fingerprint density at radius 3 is 1.44 bits per heavy atom. The second kappa shape index (κ2) is 19.7. The predicted molar refractivity (Wildman–Crippen MR) is 264 cm³/mol. The van der Waals surface area contributed by atoms with E-state index in [1.165, 1.54) is 38.5 Å². The number of halogens is 4. The van der Waals surface area contributed by atoms with E-state index in [0.29, 0.717) is 85.6 Å². The van der Waals surface area contributed by atoms with Crippen LogP contribution in [-0.2, 0) is 19.1 Å². The second-order valence-corrected chi connectivity index (χ2v) is 21.4. The molecule has 1 aliphatic carbocycles. The SMILES string of the molecule is COC(=O)N[C@H](C(=O)N1CCC[C@H]1c1nc2cc(F)c([C@H]3CC[C@H](c4cc5[nH]c([C@@H]6CCCN6C(=O)[C@@H](NC(=O)OC)C(C)C)nc5cc4F)N3c3cc(F)c(N4CCC5(CC4)CC5)c(F)c3)cc2[nH]1)C(C)C. The van der Waals surface area contributed by atoms with Crippen LogP contribution in [0.25, 0.3) is 22.1 Å². The van der Waals surface area contributed by atoms with E-state index in [2.05, 4.69) is 20.6 Å². The van der Waals surface area contributed by atoms with Crippen molar-refractivity contribution in [1.29, 1.82) is 0 Å². The van der Waals surface area contributed by atoms with Crippen LogP contribution in [0.4, 0.5) is 38.5 Å². The molecule has 4 amide bonds. The first-order chi connectivity index (χ1) is 35.0. The zero-order valence-corrected chi connectivity index (χ0v) is 42.1. The molecule has 2 aromatic heterocycles. The minimum atomic E-state index is -0.851. The lowest BCUT2D eigenvalue weighted by Gasteiger charge is -2.36. The van der Waals surface area contributed by atoms with Gasteiger partial charge < -0.3 is 49.7 Å². The summed E-state index contributed by atoms with van der Waals surface area (Å²) in [5, 5.41) is 5.31. The van der Waals surface area contributed by atoms with Crippen LogP contribution in [0.5, 0.6) is 0 Å². The number of nitrogens with zero attached hydrogens (tertiary/aromatic N) is 6. The van der Waals surface area contributed by atoms with Crippen molar-refractivity contribution in [3.05, 3.63) is 82.4 Å². The normalized spacial score (nSPS) is 22.5. The summed E-state index contributed by atoms with van der Waals surface area (Å²) in [5.41, 5.74) is 2.29. The molecule has 1 saturated carbocycles. The summed E-state index contributed by atoms with van der Waals surface area (Å²) in [6.07, 6.45) is 5.60. The Hall–Kier alpha value is -6.60. The van der Waals surface area contributed by atoms with Crippen molar-refractivity contribution < 1.29 is 46.2 Å². The molecule has 20 heteroatoms. The zero-order valence-electron chi connectivity index (χ0n) is 42.1. The van der Waals surface area contributed by atoms with Gasteiger partial charge in [0.15, 0.2) is 11.6 Å². The number of amides is 4. The largest absolute Gasteiger partial charge is 0.453 e. The van der Waals surface area contributed by atoms with Gasteiger partial charge in [-0.3, -0.25) is 9.59 Å². The Balaban J connectivity index is 0.996. The van der Waals surface area contributed by atoms with Crippen LogP contribution in [0.15, 0.2) is 36.4 Å². The molecule has 0 bridgehead atoms. The van der Waals surface area contributed by atoms with Gasteiger partial charge in [-0.2, -0.15) is 0 Å². The number of aromatic amines is 2. The van der Waals surface area contributed by atoms with Crippen LogP contribution < -0.4 is 20.4 Å². The number of alkyl carbamates (subject to hydrolysis) is 2. The minimum Gasteiger partial charge on any atom is -0.453 e. The molecule has 4 N–H and O–H groups in total. The molecule has 6 atom stereocenters. The fourth-order valence-corrected chi connectivity index (χ4v) is 12.0. The summed E-state index contributed by atoms with van der Waals surface area (Å²) in [6.45, 7) is 9.21. The Kier molecular flexibility index (Phi) is 13.5. The van der Waals surface area contributed by atoms with Gasteiger partial charge in [0.05, 0.1) is 60.5 Å². The fourth-order valence-electron chi connectivity index (χ4n) is 12.0. The monoisotopic (exact) mass is 1010 g/mol. The van der Waals surface area contributed by atoms with Gasteiger partial charge in [0.25, 0.3) is 0 Å². The lowest BCUT2D eigenvalue weighted by Crippen LogP contribution is -2.51. The number of likely N-dealkylation sites (tertiary alicyclic amines) is 2. The highest BCUT2D eigenvalue weighted by Crippen LogP contribution is 2.55. The highest BCUT2D eigenvalue weighted by atomic mass is 19.1. The van der Waals surface area contributed by atoms with Crippen molar-refractivity contribution >= 4 is 57.4 Å². The van der Waals surface area contributed by atoms with E-state index in [1.807, 2.05) is 27.7 Å². The van der Waals surface area contributed by atoms with Gasteiger partial charge in [0.2, 0.25) is 11.8 Å². The van der Waals surface area contributed by atoms with Crippen LogP contribution in [0.2, 0.25) is 0 Å². The van der Waals surface area contributed by atoms with Crippen molar-refractivity contribution in [1.82, 2.24) is 40.4 Å². The molecule has 4 aliphatic heterocycles. The Labute approximate surface area is 420 Å². The third kappa shape index (κ3) is 9.38. The van der Waals surface area contributed by atoms with Crippen molar-refractivity contribution in [3.63, 3.8) is 0 Å². The van der Waals surface area contributed by atoms with Crippen LogP contribution in [0.3, 0.4) is 0 Å². The number of methoxy groups -OCH3 is 2.